The molecule has 1 aliphatic heterocycles. The van der Waals surface area contributed by atoms with E-state index in [4.69, 9.17) is 5.11 Å². The summed E-state index contributed by atoms with van der Waals surface area (Å²) in [6.07, 6.45) is -3.69. The van der Waals surface area contributed by atoms with Crippen molar-refractivity contribution in [2.45, 2.75) is 12.6 Å². The van der Waals surface area contributed by atoms with Gasteiger partial charge in [-0.05, 0) is 30.7 Å². The number of nitrogens with zero attached hydrogens (tertiary/aromatic N) is 2. The summed E-state index contributed by atoms with van der Waals surface area (Å²) < 4.78 is 37.5. The van der Waals surface area contributed by atoms with Crippen LogP contribution in [0.2, 0.25) is 0 Å². The second kappa shape index (κ2) is 7.11. The van der Waals surface area contributed by atoms with Crippen LogP contribution in [0.5, 0.6) is 0 Å². The van der Waals surface area contributed by atoms with Crippen molar-refractivity contribution in [1.29, 1.82) is 0 Å². The number of alkyl halides is 3. The molecule has 1 saturated heterocycles. The molecule has 1 N–H and O–H groups in total. The van der Waals surface area contributed by atoms with E-state index in [9.17, 15) is 18.0 Å². The predicted molar refractivity (Wildman–Crippen MR) is 75.5 cm³/mol. The first-order chi connectivity index (χ1) is 10.4. The van der Waals surface area contributed by atoms with Gasteiger partial charge in [-0.1, -0.05) is 0 Å². The Kier molecular flexibility index (Phi) is 5.42. The maximum absolute atomic E-state index is 12.5. The third-order valence-corrected chi connectivity index (χ3v) is 3.75. The number of aliphatic hydroxyl groups is 1. The summed E-state index contributed by atoms with van der Waals surface area (Å²) in [5, 5.41) is 8.79. The van der Waals surface area contributed by atoms with E-state index in [0.29, 0.717) is 32.6 Å². The number of halogens is 3. The molecule has 1 amide bonds. The molecule has 0 atom stereocenters. The number of hydrogen-bond donors (Lipinski definition) is 1. The van der Waals surface area contributed by atoms with Gasteiger partial charge in [-0.25, -0.2) is 0 Å². The number of amides is 1. The van der Waals surface area contributed by atoms with E-state index in [1.165, 1.54) is 12.1 Å². The summed E-state index contributed by atoms with van der Waals surface area (Å²) in [6.45, 7) is 3.46. The van der Waals surface area contributed by atoms with Gasteiger partial charge in [-0.15, -0.1) is 0 Å². The average molecular weight is 316 g/mol. The van der Waals surface area contributed by atoms with Crippen LogP contribution in [0, 0.1) is 0 Å². The van der Waals surface area contributed by atoms with Gasteiger partial charge in [0.1, 0.15) is 0 Å². The van der Waals surface area contributed by atoms with Crippen molar-refractivity contribution >= 4 is 5.91 Å². The Morgan fingerprint density at radius 3 is 2.18 bits per heavy atom. The Morgan fingerprint density at radius 1 is 1.09 bits per heavy atom. The summed E-state index contributed by atoms with van der Waals surface area (Å²) in [6, 6.07) is 4.32. The van der Waals surface area contributed by atoms with Gasteiger partial charge in [0.15, 0.2) is 0 Å². The maximum atomic E-state index is 12.5. The second-order valence-corrected chi connectivity index (χ2v) is 5.29. The standard InChI is InChI=1S/C15H19F3N2O2/c16-15(17,18)13-4-2-12(3-5-13)14(22)20-9-7-19(8-10-20)6-1-11-21/h2-5,21H,1,6-11H2. The molecular formula is C15H19F3N2O2. The molecular weight excluding hydrogens is 297 g/mol. The average Bonchev–Trinajstić information content (AvgIpc) is 2.52. The summed E-state index contributed by atoms with van der Waals surface area (Å²) >= 11 is 0. The highest BCUT2D eigenvalue weighted by molar-refractivity contribution is 5.94. The molecule has 122 valence electrons. The predicted octanol–water partition coefficient (Wildman–Crippen LogP) is 1.85. The molecule has 0 aromatic heterocycles. The fourth-order valence-electron chi connectivity index (χ4n) is 2.45. The molecule has 0 spiro atoms. The van der Waals surface area contributed by atoms with Gasteiger partial charge in [-0.3, -0.25) is 9.69 Å². The molecule has 4 nitrogen and oxygen atoms in total. The van der Waals surface area contributed by atoms with E-state index >= 15 is 0 Å². The van der Waals surface area contributed by atoms with Crippen LogP contribution in [0.25, 0.3) is 0 Å². The molecule has 0 saturated carbocycles. The molecule has 1 aliphatic rings. The molecule has 0 bridgehead atoms. The normalized spacial score (nSPS) is 16.8. The zero-order valence-electron chi connectivity index (χ0n) is 12.1. The first-order valence-electron chi connectivity index (χ1n) is 7.21. The Labute approximate surface area is 127 Å². The molecule has 1 aromatic carbocycles. The maximum Gasteiger partial charge on any atom is 0.416 e. The first-order valence-corrected chi connectivity index (χ1v) is 7.21. The molecule has 2 rings (SSSR count). The molecule has 0 aliphatic carbocycles. The summed E-state index contributed by atoms with van der Waals surface area (Å²) in [5.74, 6) is -0.240. The minimum atomic E-state index is -4.39. The third kappa shape index (κ3) is 4.20. The van der Waals surface area contributed by atoms with E-state index in [-0.39, 0.29) is 18.1 Å². The van der Waals surface area contributed by atoms with Crippen LogP contribution >= 0.6 is 0 Å². The Bertz CT molecular complexity index is 495. The minimum Gasteiger partial charge on any atom is -0.396 e. The van der Waals surface area contributed by atoms with Crippen molar-refractivity contribution in [2.24, 2.45) is 0 Å². The van der Waals surface area contributed by atoms with Gasteiger partial charge < -0.3 is 10.0 Å². The molecule has 1 fully saturated rings. The smallest absolute Gasteiger partial charge is 0.396 e. The largest absolute Gasteiger partial charge is 0.416 e. The van der Waals surface area contributed by atoms with E-state index in [1.807, 2.05) is 0 Å². The Hall–Kier alpha value is -1.60. The molecule has 7 heteroatoms. The molecule has 1 aromatic rings. The van der Waals surface area contributed by atoms with Crippen molar-refractivity contribution < 1.29 is 23.1 Å². The highest BCUT2D eigenvalue weighted by Gasteiger charge is 2.30. The van der Waals surface area contributed by atoms with Crippen LogP contribution in [0.4, 0.5) is 13.2 Å². The summed E-state index contributed by atoms with van der Waals surface area (Å²) in [7, 11) is 0. The van der Waals surface area contributed by atoms with Gasteiger partial charge in [0, 0.05) is 44.9 Å². The number of carbonyl (C=O) groups excluding carboxylic acids is 1. The van der Waals surface area contributed by atoms with Gasteiger partial charge in [0.05, 0.1) is 5.56 Å². The van der Waals surface area contributed by atoms with Crippen molar-refractivity contribution in [3.8, 4) is 0 Å². The highest BCUT2D eigenvalue weighted by Crippen LogP contribution is 2.29. The van der Waals surface area contributed by atoms with E-state index in [1.54, 1.807) is 4.90 Å². The van der Waals surface area contributed by atoms with Crippen LogP contribution in [-0.4, -0.2) is 60.1 Å². The quantitative estimate of drug-likeness (QED) is 0.922. The summed E-state index contributed by atoms with van der Waals surface area (Å²) in [4.78, 5) is 16.1. The van der Waals surface area contributed by atoms with Crippen LogP contribution in [0.3, 0.4) is 0 Å². The van der Waals surface area contributed by atoms with Crippen LogP contribution in [-0.2, 0) is 6.18 Å². The monoisotopic (exact) mass is 316 g/mol. The van der Waals surface area contributed by atoms with Crippen molar-refractivity contribution in [2.75, 3.05) is 39.3 Å². The molecule has 1 heterocycles. The van der Waals surface area contributed by atoms with Gasteiger partial charge in [0.2, 0.25) is 0 Å². The molecule has 22 heavy (non-hydrogen) atoms. The lowest BCUT2D eigenvalue weighted by Crippen LogP contribution is -2.48. The van der Waals surface area contributed by atoms with Crippen molar-refractivity contribution in [3.63, 3.8) is 0 Å². The number of benzene rings is 1. The van der Waals surface area contributed by atoms with Crippen LogP contribution < -0.4 is 0 Å². The fourth-order valence-corrected chi connectivity index (χ4v) is 2.45. The molecule has 0 unspecified atom stereocenters. The lowest BCUT2D eigenvalue weighted by Gasteiger charge is -2.34. The number of piperazine rings is 1. The van der Waals surface area contributed by atoms with Crippen molar-refractivity contribution in [3.05, 3.63) is 35.4 Å². The lowest BCUT2D eigenvalue weighted by atomic mass is 10.1. The topological polar surface area (TPSA) is 43.8 Å². The van der Waals surface area contributed by atoms with E-state index in [2.05, 4.69) is 4.90 Å². The van der Waals surface area contributed by atoms with Gasteiger partial charge in [0.25, 0.3) is 5.91 Å². The van der Waals surface area contributed by atoms with E-state index < -0.39 is 11.7 Å². The zero-order chi connectivity index (χ0) is 16.2. The third-order valence-electron chi connectivity index (χ3n) is 3.75. The van der Waals surface area contributed by atoms with Crippen LogP contribution in [0.15, 0.2) is 24.3 Å². The Balaban J connectivity index is 1.92. The number of aliphatic hydroxyl groups excluding tert-OH is 1. The van der Waals surface area contributed by atoms with Gasteiger partial charge >= 0.3 is 6.18 Å². The van der Waals surface area contributed by atoms with E-state index in [0.717, 1.165) is 18.7 Å². The minimum absolute atomic E-state index is 0.144. The highest BCUT2D eigenvalue weighted by atomic mass is 19.4. The zero-order valence-corrected chi connectivity index (χ0v) is 12.1. The number of hydrogen-bond acceptors (Lipinski definition) is 3. The van der Waals surface area contributed by atoms with Crippen molar-refractivity contribution in [1.82, 2.24) is 9.80 Å². The SMILES string of the molecule is O=C(c1ccc(C(F)(F)F)cc1)N1CCN(CCCO)CC1. The van der Waals surface area contributed by atoms with Crippen LogP contribution in [0.1, 0.15) is 22.3 Å². The number of carbonyl (C=O) groups is 1. The lowest BCUT2D eigenvalue weighted by molar-refractivity contribution is -0.137. The number of rotatable bonds is 4. The second-order valence-electron chi connectivity index (χ2n) is 5.29. The Morgan fingerprint density at radius 2 is 1.68 bits per heavy atom. The molecule has 0 radical (unpaired) electrons. The first kappa shape index (κ1) is 16.8. The van der Waals surface area contributed by atoms with Gasteiger partial charge in [-0.2, -0.15) is 13.2 Å². The fraction of sp³-hybridized carbons (Fsp3) is 0.533. The summed E-state index contributed by atoms with van der Waals surface area (Å²) in [5.41, 5.74) is -0.477.